The number of carbonyl (C=O) groups excluding carboxylic acids is 3. The van der Waals surface area contributed by atoms with E-state index in [9.17, 15) is 22.8 Å². The second kappa shape index (κ2) is 8.68. The Labute approximate surface area is 162 Å². The molecule has 9 nitrogen and oxygen atoms in total. The molecule has 1 aromatic carbocycles. The molecule has 1 saturated heterocycles. The summed E-state index contributed by atoms with van der Waals surface area (Å²) in [4.78, 5) is 37.8. The summed E-state index contributed by atoms with van der Waals surface area (Å²) in [6, 6.07) is 3.16. The van der Waals surface area contributed by atoms with E-state index in [1.165, 1.54) is 31.1 Å². The lowest BCUT2D eigenvalue weighted by Crippen LogP contribution is -2.48. The van der Waals surface area contributed by atoms with E-state index in [4.69, 9.17) is 11.6 Å². The van der Waals surface area contributed by atoms with Gasteiger partial charge >= 0.3 is 0 Å². The molecular formula is C16H21ClN4O5S. The van der Waals surface area contributed by atoms with Gasteiger partial charge in [-0.25, -0.2) is 13.1 Å². The maximum Gasteiger partial charge on any atom is 0.253 e. The third kappa shape index (κ3) is 4.76. The van der Waals surface area contributed by atoms with Crippen LogP contribution >= 0.6 is 11.6 Å². The Morgan fingerprint density at radius 3 is 2.59 bits per heavy atom. The number of hydrogen-bond donors (Lipinski definition) is 3. The van der Waals surface area contributed by atoms with E-state index in [0.717, 1.165) is 6.07 Å². The Morgan fingerprint density at radius 2 is 1.96 bits per heavy atom. The topological polar surface area (TPSA) is 125 Å². The van der Waals surface area contributed by atoms with Gasteiger partial charge in [0.15, 0.2) is 0 Å². The number of rotatable bonds is 6. The van der Waals surface area contributed by atoms with Crippen LogP contribution in [0.5, 0.6) is 0 Å². The molecule has 1 fully saturated rings. The van der Waals surface area contributed by atoms with Crippen molar-refractivity contribution in [1.29, 1.82) is 0 Å². The number of benzene rings is 1. The van der Waals surface area contributed by atoms with Gasteiger partial charge in [0.1, 0.15) is 6.04 Å². The Balaban J connectivity index is 2.08. The normalized spacial score (nSPS) is 16.9. The van der Waals surface area contributed by atoms with Crippen molar-refractivity contribution >= 4 is 39.3 Å². The first kappa shape index (κ1) is 21.1. The van der Waals surface area contributed by atoms with Crippen LogP contribution in [-0.4, -0.2) is 64.3 Å². The number of amides is 3. The van der Waals surface area contributed by atoms with Gasteiger partial charge in [-0.1, -0.05) is 11.6 Å². The van der Waals surface area contributed by atoms with Crippen LogP contribution in [0.15, 0.2) is 23.1 Å². The minimum absolute atomic E-state index is 0.0550. The van der Waals surface area contributed by atoms with Gasteiger partial charge in [-0.15, -0.1) is 0 Å². The maximum absolute atomic E-state index is 12.4. The van der Waals surface area contributed by atoms with Crippen molar-refractivity contribution in [2.75, 3.05) is 27.2 Å². The van der Waals surface area contributed by atoms with Crippen LogP contribution in [0, 0.1) is 0 Å². The maximum atomic E-state index is 12.4. The molecule has 0 aromatic heterocycles. The Hall–Kier alpha value is -2.17. The molecular weight excluding hydrogens is 396 g/mol. The van der Waals surface area contributed by atoms with Gasteiger partial charge in [-0.2, -0.15) is 0 Å². The quantitative estimate of drug-likeness (QED) is 0.588. The molecule has 27 heavy (non-hydrogen) atoms. The minimum atomic E-state index is -3.74. The molecule has 1 unspecified atom stereocenters. The van der Waals surface area contributed by atoms with Crippen LogP contribution in [0.25, 0.3) is 0 Å². The van der Waals surface area contributed by atoms with Gasteiger partial charge in [0.25, 0.3) is 5.91 Å². The van der Waals surface area contributed by atoms with E-state index in [0.29, 0.717) is 19.4 Å². The second-order valence-corrected chi connectivity index (χ2v) is 8.19. The Bertz CT molecular complexity index is 858. The van der Waals surface area contributed by atoms with Gasteiger partial charge < -0.3 is 15.5 Å². The van der Waals surface area contributed by atoms with Crippen LogP contribution in [0.1, 0.15) is 23.2 Å². The van der Waals surface area contributed by atoms with E-state index < -0.39 is 27.9 Å². The first-order valence-electron chi connectivity index (χ1n) is 8.23. The zero-order valence-electron chi connectivity index (χ0n) is 14.9. The van der Waals surface area contributed by atoms with Crippen molar-refractivity contribution in [3.8, 4) is 0 Å². The lowest BCUT2D eigenvalue weighted by molar-refractivity contribution is -0.137. The van der Waals surface area contributed by atoms with Gasteiger partial charge in [0.05, 0.1) is 22.0 Å². The SMILES string of the molecule is CNC(=O)C1CCCN1C(=O)CNC(=O)c1cc(S(=O)(=O)NC)ccc1Cl. The largest absolute Gasteiger partial charge is 0.357 e. The van der Waals surface area contributed by atoms with Crippen molar-refractivity contribution in [3.63, 3.8) is 0 Å². The number of nitrogens with one attached hydrogen (secondary N) is 3. The minimum Gasteiger partial charge on any atom is -0.357 e. The van der Waals surface area contributed by atoms with E-state index >= 15 is 0 Å². The highest BCUT2D eigenvalue weighted by molar-refractivity contribution is 7.89. The number of nitrogens with zero attached hydrogens (tertiary/aromatic N) is 1. The Kier molecular flexibility index (Phi) is 6.79. The predicted octanol–water partition coefficient (Wildman–Crippen LogP) is -0.285. The Morgan fingerprint density at radius 1 is 1.26 bits per heavy atom. The van der Waals surface area contributed by atoms with Crippen molar-refractivity contribution < 1.29 is 22.8 Å². The number of carbonyl (C=O) groups is 3. The fourth-order valence-corrected chi connectivity index (χ4v) is 3.78. The van der Waals surface area contributed by atoms with Gasteiger partial charge in [0, 0.05) is 13.6 Å². The number of sulfonamides is 1. The van der Waals surface area contributed by atoms with Crippen LogP contribution in [0.2, 0.25) is 5.02 Å². The smallest absolute Gasteiger partial charge is 0.253 e. The summed E-state index contributed by atoms with van der Waals surface area (Å²) in [5.74, 6) is -1.33. The monoisotopic (exact) mass is 416 g/mol. The third-order valence-electron chi connectivity index (χ3n) is 4.28. The number of halogens is 1. The lowest BCUT2D eigenvalue weighted by Gasteiger charge is -2.23. The van der Waals surface area contributed by atoms with Crippen LogP contribution in [0.3, 0.4) is 0 Å². The van der Waals surface area contributed by atoms with E-state index in [-0.39, 0.29) is 27.9 Å². The molecule has 0 radical (unpaired) electrons. The molecule has 0 saturated carbocycles. The summed E-state index contributed by atoms with van der Waals surface area (Å²) in [6.07, 6.45) is 1.27. The highest BCUT2D eigenvalue weighted by Gasteiger charge is 2.33. The third-order valence-corrected chi connectivity index (χ3v) is 6.03. The van der Waals surface area contributed by atoms with Gasteiger partial charge in [-0.05, 0) is 38.1 Å². The average molecular weight is 417 g/mol. The van der Waals surface area contributed by atoms with Gasteiger partial charge in [-0.3, -0.25) is 14.4 Å². The van der Waals surface area contributed by atoms with Crippen LogP contribution in [0.4, 0.5) is 0 Å². The summed E-state index contributed by atoms with van der Waals surface area (Å²) in [6.45, 7) is 0.106. The number of likely N-dealkylation sites (tertiary alicyclic amines) is 1. The second-order valence-electron chi connectivity index (χ2n) is 5.89. The van der Waals surface area contributed by atoms with Crippen LogP contribution in [-0.2, 0) is 19.6 Å². The van der Waals surface area contributed by atoms with E-state index in [1.807, 2.05) is 0 Å². The molecule has 1 aliphatic rings. The average Bonchev–Trinajstić information content (AvgIpc) is 3.15. The first-order chi connectivity index (χ1) is 12.7. The zero-order valence-corrected chi connectivity index (χ0v) is 16.5. The molecule has 1 heterocycles. The summed E-state index contributed by atoms with van der Waals surface area (Å²) >= 11 is 5.99. The molecule has 3 amide bonds. The van der Waals surface area contributed by atoms with E-state index in [1.54, 1.807) is 0 Å². The molecule has 0 spiro atoms. The fraction of sp³-hybridized carbons (Fsp3) is 0.438. The molecule has 2 rings (SSSR count). The van der Waals surface area contributed by atoms with Gasteiger partial charge in [0.2, 0.25) is 21.8 Å². The van der Waals surface area contributed by atoms with Crippen molar-refractivity contribution in [3.05, 3.63) is 28.8 Å². The molecule has 0 aliphatic carbocycles. The summed E-state index contributed by atoms with van der Waals surface area (Å²) < 4.78 is 25.9. The predicted molar refractivity (Wildman–Crippen MR) is 98.8 cm³/mol. The summed E-state index contributed by atoms with van der Waals surface area (Å²) in [5.41, 5.74) is -0.0648. The molecule has 3 N–H and O–H groups in total. The standard InChI is InChI=1S/C16H21ClN4O5S/c1-18-16(24)13-4-3-7-21(13)14(22)9-20-15(23)11-8-10(5-6-12(11)17)27(25,26)19-2/h5-6,8,13,19H,3-4,7,9H2,1-2H3,(H,18,24)(H,20,23). The summed E-state index contributed by atoms with van der Waals surface area (Å²) in [5, 5.41) is 5.00. The highest BCUT2D eigenvalue weighted by atomic mass is 35.5. The molecule has 11 heteroatoms. The molecule has 1 aromatic rings. The van der Waals surface area contributed by atoms with Crippen molar-refractivity contribution in [1.82, 2.24) is 20.3 Å². The van der Waals surface area contributed by atoms with Crippen molar-refractivity contribution in [2.24, 2.45) is 0 Å². The number of hydrogen-bond acceptors (Lipinski definition) is 5. The fourth-order valence-electron chi connectivity index (χ4n) is 2.82. The summed E-state index contributed by atoms with van der Waals surface area (Å²) in [7, 11) is -0.993. The first-order valence-corrected chi connectivity index (χ1v) is 10.1. The van der Waals surface area contributed by atoms with Crippen molar-refractivity contribution in [2.45, 2.75) is 23.8 Å². The molecule has 1 atom stereocenters. The number of likely N-dealkylation sites (N-methyl/N-ethyl adjacent to an activating group) is 1. The lowest BCUT2D eigenvalue weighted by atomic mass is 10.2. The zero-order chi connectivity index (χ0) is 20.2. The molecule has 1 aliphatic heterocycles. The molecule has 0 bridgehead atoms. The highest BCUT2D eigenvalue weighted by Crippen LogP contribution is 2.21. The molecule has 148 valence electrons. The van der Waals surface area contributed by atoms with E-state index in [2.05, 4.69) is 15.4 Å². The van der Waals surface area contributed by atoms with Crippen LogP contribution < -0.4 is 15.4 Å².